The van der Waals surface area contributed by atoms with Crippen molar-refractivity contribution in [1.82, 2.24) is 9.55 Å². The number of aromatic nitrogens is 2. The van der Waals surface area contributed by atoms with Crippen LogP contribution in [-0.2, 0) is 6.54 Å². The standard InChI is InChI=1S/C12H11BrClN3O/c1-2-17-7-9(14)6-10(17)12(18)16-11-5-8(13)3-4-15-11/h3-7H,2H2,1H3,(H,15,16,18). The monoisotopic (exact) mass is 327 g/mol. The number of carbonyl (C=O) groups is 1. The zero-order valence-electron chi connectivity index (χ0n) is 9.65. The summed E-state index contributed by atoms with van der Waals surface area (Å²) in [4.78, 5) is 16.1. The number of anilines is 1. The Kier molecular flexibility index (Phi) is 4.04. The van der Waals surface area contributed by atoms with Crippen LogP contribution < -0.4 is 5.32 Å². The van der Waals surface area contributed by atoms with Gasteiger partial charge in [-0.3, -0.25) is 4.79 Å². The first-order valence-corrected chi connectivity index (χ1v) is 6.56. The van der Waals surface area contributed by atoms with Crippen molar-refractivity contribution in [2.45, 2.75) is 13.5 Å². The van der Waals surface area contributed by atoms with E-state index in [0.29, 0.717) is 23.1 Å². The Morgan fingerprint density at radius 2 is 2.33 bits per heavy atom. The normalized spacial score (nSPS) is 10.4. The fraction of sp³-hybridized carbons (Fsp3) is 0.167. The summed E-state index contributed by atoms with van der Waals surface area (Å²) >= 11 is 9.22. The van der Waals surface area contributed by atoms with E-state index in [2.05, 4.69) is 26.2 Å². The van der Waals surface area contributed by atoms with E-state index < -0.39 is 0 Å². The lowest BCUT2D eigenvalue weighted by atomic mass is 10.4. The minimum atomic E-state index is -0.227. The quantitative estimate of drug-likeness (QED) is 0.936. The number of hydrogen-bond donors (Lipinski definition) is 1. The summed E-state index contributed by atoms with van der Waals surface area (Å²) in [5.74, 6) is 0.267. The maximum Gasteiger partial charge on any atom is 0.273 e. The predicted molar refractivity (Wildman–Crippen MR) is 75.0 cm³/mol. The van der Waals surface area contributed by atoms with Crippen molar-refractivity contribution in [2.24, 2.45) is 0 Å². The highest BCUT2D eigenvalue weighted by Crippen LogP contribution is 2.17. The highest BCUT2D eigenvalue weighted by Gasteiger charge is 2.13. The zero-order chi connectivity index (χ0) is 13.1. The molecule has 0 aliphatic carbocycles. The number of carbonyl (C=O) groups excluding carboxylic acids is 1. The van der Waals surface area contributed by atoms with Gasteiger partial charge in [-0.15, -0.1) is 0 Å². The second kappa shape index (κ2) is 5.54. The van der Waals surface area contributed by atoms with Crippen LogP contribution in [0.15, 0.2) is 35.1 Å². The number of nitrogens with zero attached hydrogens (tertiary/aromatic N) is 2. The molecule has 0 atom stereocenters. The summed E-state index contributed by atoms with van der Waals surface area (Å²) in [6.07, 6.45) is 3.34. The van der Waals surface area contributed by atoms with E-state index in [1.807, 2.05) is 6.92 Å². The molecule has 2 aromatic heterocycles. The first kappa shape index (κ1) is 13.1. The van der Waals surface area contributed by atoms with Crippen molar-refractivity contribution in [3.63, 3.8) is 0 Å². The second-order valence-electron chi connectivity index (χ2n) is 3.64. The Bertz CT molecular complexity index is 582. The van der Waals surface area contributed by atoms with E-state index in [4.69, 9.17) is 11.6 Å². The summed E-state index contributed by atoms with van der Waals surface area (Å²) in [5.41, 5.74) is 0.518. The molecule has 0 aliphatic heterocycles. The molecule has 0 bridgehead atoms. The third-order valence-electron chi connectivity index (χ3n) is 2.40. The predicted octanol–water partition coefficient (Wildman–Crippen LogP) is 3.57. The fourth-order valence-corrected chi connectivity index (χ4v) is 2.14. The molecule has 2 heterocycles. The number of amides is 1. The molecule has 0 spiro atoms. The summed E-state index contributed by atoms with van der Waals surface area (Å²) < 4.78 is 2.65. The zero-order valence-corrected chi connectivity index (χ0v) is 12.0. The van der Waals surface area contributed by atoms with Crippen molar-refractivity contribution in [1.29, 1.82) is 0 Å². The average molecular weight is 329 g/mol. The Labute approximate surface area is 118 Å². The molecule has 94 valence electrons. The molecule has 2 aromatic rings. The third-order valence-corrected chi connectivity index (χ3v) is 3.10. The van der Waals surface area contributed by atoms with Crippen molar-refractivity contribution >= 4 is 39.3 Å². The van der Waals surface area contributed by atoms with Gasteiger partial charge in [-0.05, 0) is 25.1 Å². The van der Waals surface area contributed by atoms with Crippen LogP contribution in [0.5, 0.6) is 0 Å². The van der Waals surface area contributed by atoms with E-state index in [1.54, 1.807) is 35.2 Å². The molecule has 0 aliphatic rings. The van der Waals surface area contributed by atoms with E-state index in [-0.39, 0.29) is 5.91 Å². The van der Waals surface area contributed by atoms with Crippen molar-refractivity contribution in [2.75, 3.05) is 5.32 Å². The molecule has 0 saturated heterocycles. The van der Waals surface area contributed by atoms with Crippen molar-refractivity contribution in [3.05, 3.63) is 45.8 Å². The van der Waals surface area contributed by atoms with Crippen LogP contribution >= 0.6 is 27.5 Å². The topological polar surface area (TPSA) is 46.9 Å². The van der Waals surface area contributed by atoms with Crippen LogP contribution in [0.1, 0.15) is 17.4 Å². The first-order chi connectivity index (χ1) is 8.60. The number of halogens is 2. The molecule has 1 N–H and O–H groups in total. The highest BCUT2D eigenvalue weighted by atomic mass is 79.9. The van der Waals surface area contributed by atoms with Gasteiger partial charge in [-0.25, -0.2) is 4.98 Å². The molecule has 4 nitrogen and oxygen atoms in total. The number of pyridine rings is 1. The number of aryl methyl sites for hydroxylation is 1. The smallest absolute Gasteiger partial charge is 0.273 e. The summed E-state index contributed by atoms with van der Waals surface area (Å²) in [6, 6.07) is 5.17. The van der Waals surface area contributed by atoms with E-state index in [0.717, 1.165) is 4.47 Å². The van der Waals surface area contributed by atoms with Gasteiger partial charge < -0.3 is 9.88 Å². The molecule has 2 rings (SSSR count). The number of hydrogen-bond acceptors (Lipinski definition) is 2. The van der Waals surface area contributed by atoms with Gasteiger partial charge in [0.25, 0.3) is 5.91 Å². The molecule has 0 unspecified atom stereocenters. The van der Waals surface area contributed by atoms with Gasteiger partial charge in [-0.2, -0.15) is 0 Å². The minimum Gasteiger partial charge on any atom is -0.342 e. The van der Waals surface area contributed by atoms with Crippen molar-refractivity contribution < 1.29 is 4.79 Å². The minimum absolute atomic E-state index is 0.227. The molecule has 0 fully saturated rings. The maximum absolute atomic E-state index is 12.1. The Balaban J connectivity index is 2.21. The van der Waals surface area contributed by atoms with Crippen molar-refractivity contribution in [3.8, 4) is 0 Å². The summed E-state index contributed by atoms with van der Waals surface area (Å²) in [5, 5.41) is 3.27. The second-order valence-corrected chi connectivity index (χ2v) is 5.00. The van der Waals surface area contributed by atoms with Crippen LogP contribution in [0, 0.1) is 0 Å². The van der Waals surface area contributed by atoms with Crippen LogP contribution in [0.25, 0.3) is 0 Å². The number of rotatable bonds is 3. The lowest BCUT2D eigenvalue weighted by molar-refractivity contribution is 0.101. The van der Waals surface area contributed by atoms with Gasteiger partial charge in [0, 0.05) is 23.4 Å². The average Bonchev–Trinajstić information content (AvgIpc) is 2.70. The van der Waals surface area contributed by atoms with Crippen LogP contribution in [0.4, 0.5) is 5.82 Å². The van der Waals surface area contributed by atoms with E-state index in [1.165, 1.54) is 0 Å². The maximum atomic E-state index is 12.1. The Hall–Kier alpha value is -1.33. The largest absolute Gasteiger partial charge is 0.342 e. The molecule has 0 saturated carbocycles. The lowest BCUT2D eigenvalue weighted by Gasteiger charge is -2.07. The highest BCUT2D eigenvalue weighted by molar-refractivity contribution is 9.10. The molecule has 0 aromatic carbocycles. The summed E-state index contributed by atoms with van der Waals surface area (Å²) in [6.45, 7) is 2.63. The van der Waals surface area contributed by atoms with Gasteiger partial charge in [0.05, 0.1) is 5.02 Å². The fourth-order valence-electron chi connectivity index (χ4n) is 1.58. The Morgan fingerprint density at radius 3 is 3.00 bits per heavy atom. The van der Waals surface area contributed by atoms with Crippen LogP contribution in [0.2, 0.25) is 5.02 Å². The molecule has 6 heteroatoms. The molecular formula is C12H11BrClN3O. The lowest BCUT2D eigenvalue weighted by Crippen LogP contribution is -2.17. The van der Waals surface area contributed by atoms with Gasteiger partial charge >= 0.3 is 0 Å². The summed E-state index contributed by atoms with van der Waals surface area (Å²) in [7, 11) is 0. The molecular weight excluding hydrogens is 318 g/mol. The SMILES string of the molecule is CCn1cc(Cl)cc1C(=O)Nc1cc(Br)ccn1. The third kappa shape index (κ3) is 2.91. The van der Waals surface area contributed by atoms with Gasteiger partial charge in [0.1, 0.15) is 11.5 Å². The molecule has 0 radical (unpaired) electrons. The van der Waals surface area contributed by atoms with E-state index >= 15 is 0 Å². The molecule has 1 amide bonds. The van der Waals surface area contributed by atoms with Gasteiger partial charge in [-0.1, -0.05) is 27.5 Å². The van der Waals surface area contributed by atoms with Crippen LogP contribution in [0.3, 0.4) is 0 Å². The van der Waals surface area contributed by atoms with Crippen LogP contribution in [-0.4, -0.2) is 15.5 Å². The first-order valence-electron chi connectivity index (χ1n) is 5.38. The molecule has 18 heavy (non-hydrogen) atoms. The Morgan fingerprint density at radius 1 is 1.56 bits per heavy atom. The van der Waals surface area contributed by atoms with Gasteiger partial charge in [0.15, 0.2) is 0 Å². The number of nitrogens with one attached hydrogen (secondary N) is 1. The van der Waals surface area contributed by atoms with E-state index in [9.17, 15) is 4.79 Å². The van der Waals surface area contributed by atoms with Gasteiger partial charge in [0.2, 0.25) is 0 Å².